The van der Waals surface area contributed by atoms with Gasteiger partial charge in [0.25, 0.3) is 0 Å². The smallest absolute Gasteiger partial charge is 0.163 e. The molecule has 1 aromatic carbocycles. The monoisotopic (exact) mass is 162 g/mol. The predicted molar refractivity (Wildman–Crippen MR) is 49.9 cm³/mol. The zero-order valence-electron chi connectivity index (χ0n) is 7.13. The number of rotatable bonds is 2. The quantitative estimate of drug-likeness (QED) is 0.533. The highest BCUT2D eigenvalue weighted by molar-refractivity contribution is 5.98. The summed E-state index contributed by atoms with van der Waals surface area (Å²) in [7, 11) is 0. The summed E-state index contributed by atoms with van der Waals surface area (Å²) in [4.78, 5) is 11.3. The average Bonchev–Trinajstić information content (AvgIpc) is 2.08. The lowest BCUT2D eigenvalue weighted by Gasteiger charge is -2.04. The minimum atomic E-state index is 0.0415. The maximum absolute atomic E-state index is 11.3. The van der Waals surface area contributed by atoms with Gasteiger partial charge in [0.05, 0.1) is 0 Å². The van der Waals surface area contributed by atoms with E-state index in [4.69, 9.17) is 5.73 Å². The van der Waals surface area contributed by atoms with E-state index in [1.807, 2.05) is 6.92 Å². The summed E-state index contributed by atoms with van der Waals surface area (Å²) in [5.74, 6) is 0.0415. The number of ketones is 1. The Labute approximate surface area is 72.4 Å². The molecule has 0 heterocycles. The maximum Gasteiger partial charge on any atom is 0.163 e. The van der Waals surface area contributed by atoms with E-state index >= 15 is 0 Å². The summed E-state index contributed by atoms with van der Waals surface area (Å²) in [6, 6.07) is 5.35. The normalized spacial score (nSPS) is 9.83. The number of carbonyl (C=O) groups is 1. The molecule has 0 bridgehead atoms. The summed E-state index contributed by atoms with van der Waals surface area (Å²) in [6.45, 7) is 5.39. The van der Waals surface area contributed by atoms with Crippen LogP contribution in [0.5, 0.6) is 0 Å². The minimum Gasteiger partial charge on any atom is -0.398 e. The van der Waals surface area contributed by atoms with E-state index in [1.54, 1.807) is 18.2 Å². The van der Waals surface area contributed by atoms with Crippen molar-refractivity contribution in [1.82, 2.24) is 0 Å². The third-order valence-corrected chi connectivity index (χ3v) is 1.90. The lowest BCUT2D eigenvalue weighted by atomic mass is 10.0. The van der Waals surface area contributed by atoms with E-state index in [1.165, 1.54) is 0 Å². The Morgan fingerprint density at radius 1 is 1.58 bits per heavy atom. The molecule has 1 aromatic rings. The number of nitrogen functional groups attached to an aromatic ring is 1. The Balaban J connectivity index is 3.16. The number of benzene rings is 1. The first-order chi connectivity index (χ1) is 5.66. The van der Waals surface area contributed by atoms with Gasteiger partial charge in [-0.3, -0.25) is 4.79 Å². The van der Waals surface area contributed by atoms with Gasteiger partial charge < -0.3 is 5.73 Å². The van der Waals surface area contributed by atoms with Crippen LogP contribution < -0.4 is 5.73 Å². The lowest BCUT2D eigenvalue weighted by Crippen LogP contribution is -2.02. The maximum atomic E-state index is 11.3. The van der Waals surface area contributed by atoms with Crippen LogP contribution in [0.15, 0.2) is 18.2 Å². The first-order valence-electron chi connectivity index (χ1n) is 3.84. The second-order valence-corrected chi connectivity index (χ2v) is 2.69. The molecular formula is C10H12NO. The first-order valence-corrected chi connectivity index (χ1v) is 3.84. The van der Waals surface area contributed by atoms with Crippen LogP contribution in [-0.4, -0.2) is 5.78 Å². The van der Waals surface area contributed by atoms with Crippen LogP contribution in [0.2, 0.25) is 0 Å². The second kappa shape index (κ2) is 3.39. The predicted octanol–water partition coefficient (Wildman–Crippen LogP) is 1.98. The molecular weight excluding hydrogens is 150 g/mol. The van der Waals surface area contributed by atoms with Gasteiger partial charge in [0.1, 0.15) is 0 Å². The van der Waals surface area contributed by atoms with Gasteiger partial charge in [-0.1, -0.05) is 12.1 Å². The van der Waals surface area contributed by atoms with E-state index in [0.29, 0.717) is 11.3 Å². The Bertz CT molecular complexity index is 305. The van der Waals surface area contributed by atoms with E-state index in [0.717, 1.165) is 5.56 Å². The van der Waals surface area contributed by atoms with Crippen LogP contribution in [0.25, 0.3) is 0 Å². The van der Waals surface area contributed by atoms with Crippen LogP contribution in [0.3, 0.4) is 0 Å². The third-order valence-electron chi connectivity index (χ3n) is 1.90. The molecule has 1 rings (SSSR count). The van der Waals surface area contributed by atoms with Gasteiger partial charge in [-0.25, -0.2) is 0 Å². The van der Waals surface area contributed by atoms with E-state index < -0.39 is 0 Å². The molecule has 0 amide bonds. The van der Waals surface area contributed by atoms with Crippen LogP contribution in [0, 0.1) is 13.8 Å². The molecule has 0 unspecified atom stereocenters. The molecule has 2 N–H and O–H groups in total. The molecule has 0 atom stereocenters. The number of carbonyl (C=O) groups excluding carboxylic acids is 1. The van der Waals surface area contributed by atoms with Crippen molar-refractivity contribution in [2.45, 2.75) is 13.3 Å². The van der Waals surface area contributed by atoms with Crippen LogP contribution >= 0.6 is 0 Å². The van der Waals surface area contributed by atoms with Gasteiger partial charge in [0.2, 0.25) is 0 Å². The summed E-state index contributed by atoms with van der Waals surface area (Å²) < 4.78 is 0. The molecule has 2 heteroatoms. The molecule has 0 aliphatic heterocycles. The summed E-state index contributed by atoms with van der Waals surface area (Å²) in [6.07, 6.45) is 0.282. The molecule has 2 nitrogen and oxygen atoms in total. The van der Waals surface area contributed by atoms with Crippen LogP contribution in [0.4, 0.5) is 5.69 Å². The fourth-order valence-electron chi connectivity index (χ4n) is 1.09. The minimum absolute atomic E-state index is 0.0415. The standard InChI is InChI=1S/C10H12NO/c1-3-10(12)8-5-4-6-9(11)7(8)2/h4-6H,1,3,11H2,2H3. The Morgan fingerprint density at radius 3 is 2.83 bits per heavy atom. The largest absolute Gasteiger partial charge is 0.398 e. The molecule has 0 saturated carbocycles. The molecule has 0 saturated heterocycles. The topological polar surface area (TPSA) is 43.1 Å². The summed E-state index contributed by atoms with van der Waals surface area (Å²) in [5.41, 5.74) is 7.84. The zero-order valence-corrected chi connectivity index (χ0v) is 7.13. The lowest BCUT2D eigenvalue weighted by molar-refractivity contribution is 0.0994. The number of anilines is 1. The zero-order chi connectivity index (χ0) is 9.14. The number of nitrogens with two attached hydrogens (primary N) is 1. The van der Waals surface area contributed by atoms with Crippen molar-refractivity contribution in [3.63, 3.8) is 0 Å². The molecule has 12 heavy (non-hydrogen) atoms. The number of hydrogen-bond donors (Lipinski definition) is 1. The molecule has 0 aliphatic carbocycles. The van der Waals surface area contributed by atoms with Crippen molar-refractivity contribution >= 4 is 11.5 Å². The molecule has 0 spiro atoms. The van der Waals surface area contributed by atoms with E-state index in [2.05, 4.69) is 6.92 Å². The van der Waals surface area contributed by atoms with Crippen molar-refractivity contribution in [2.75, 3.05) is 5.73 Å². The summed E-state index contributed by atoms with van der Waals surface area (Å²) in [5, 5.41) is 0. The molecule has 0 aliphatic rings. The van der Waals surface area contributed by atoms with Gasteiger partial charge in [-0.15, -0.1) is 0 Å². The summed E-state index contributed by atoms with van der Waals surface area (Å²) >= 11 is 0. The van der Waals surface area contributed by atoms with Gasteiger partial charge in [0.15, 0.2) is 5.78 Å². The molecule has 1 radical (unpaired) electrons. The van der Waals surface area contributed by atoms with Crippen molar-refractivity contribution in [1.29, 1.82) is 0 Å². The highest BCUT2D eigenvalue weighted by atomic mass is 16.1. The van der Waals surface area contributed by atoms with Crippen molar-refractivity contribution in [3.8, 4) is 0 Å². The third kappa shape index (κ3) is 1.47. The van der Waals surface area contributed by atoms with Crippen molar-refractivity contribution < 1.29 is 4.79 Å². The Morgan fingerprint density at radius 2 is 2.25 bits per heavy atom. The van der Waals surface area contributed by atoms with Gasteiger partial charge in [-0.05, 0) is 25.5 Å². The highest BCUT2D eigenvalue weighted by Gasteiger charge is 2.07. The average molecular weight is 162 g/mol. The van der Waals surface area contributed by atoms with Crippen molar-refractivity contribution in [3.05, 3.63) is 36.2 Å². The fraction of sp³-hybridized carbons (Fsp3) is 0.200. The molecule has 0 fully saturated rings. The number of hydrogen-bond acceptors (Lipinski definition) is 2. The van der Waals surface area contributed by atoms with Crippen molar-refractivity contribution in [2.24, 2.45) is 0 Å². The van der Waals surface area contributed by atoms with Crippen LogP contribution in [0.1, 0.15) is 22.3 Å². The fourth-order valence-corrected chi connectivity index (χ4v) is 1.09. The van der Waals surface area contributed by atoms with Gasteiger partial charge in [-0.2, -0.15) is 0 Å². The van der Waals surface area contributed by atoms with E-state index in [9.17, 15) is 4.79 Å². The second-order valence-electron chi connectivity index (χ2n) is 2.69. The van der Waals surface area contributed by atoms with E-state index in [-0.39, 0.29) is 12.2 Å². The van der Waals surface area contributed by atoms with Gasteiger partial charge >= 0.3 is 0 Å². The highest BCUT2D eigenvalue weighted by Crippen LogP contribution is 2.16. The molecule has 0 aromatic heterocycles. The SMILES string of the molecule is [CH2]CC(=O)c1cccc(N)c1C. The van der Waals surface area contributed by atoms with Gasteiger partial charge in [0, 0.05) is 17.7 Å². The Kier molecular flexibility index (Phi) is 2.48. The molecule has 63 valence electrons. The number of Topliss-reactive ketones (excluding diaryl/α,β-unsaturated/α-hetero) is 1. The van der Waals surface area contributed by atoms with Crippen LogP contribution in [-0.2, 0) is 0 Å². The Hall–Kier alpha value is -1.31. The first kappa shape index (κ1) is 8.78.